The van der Waals surface area contributed by atoms with Gasteiger partial charge < -0.3 is 21.4 Å². The molecule has 6 N–H and O–H groups in total. The van der Waals surface area contributed by atoms with E-state index in [1.807, 2.05) is 0 Å². The third-order valence-corrected chi connectivity index (χ3v) is 8.03. The molecule has 0 radical (unpaired) electrons. The number of tetrazole rings is 1. The van der Waals surface area contributed by atoms with Gasteiger partial charge in [0.25, 0.3) is 5.91 Å². The Balaban J connectivity index is 1.44. The summed E-state index contributed by atoms with van der Waals surface area (Å²) in [4.78, 5) is 49.2. The van der Waals surface area contributed by atoms with Crippen LogP contribution in [0.2, 0.25) is 0 Å². The number of hydrogen-bond acceptors (Lipinski definition) is 12. The molecule has 2 aliphatic rings. The molecule has 2 aromatic heterocycles. The second kappa shape index (κ2) is 9.47. The molecule has 18 heteroatoms. The Morgan fingerprint density at radius 2 is 2.15 bits per heavy atom. The van der Waals surface area contributed by atoms with Crippen molar-refractivity contribution >= 4 is 58.6 Å². The average molecular weight is 528 g/mol. The highest BCUT2D eigenvalue weighted by molar-refractivity contribution is 8.01. The number of nitrogens with two attached hydrogens (primary N) is 1. The molecule has 15 nitrogen and oxygen atoms in total. The van der Waals surface area contributed by atoms with Crippen LogP contribution in [0.5, 0.6) is 0 Å². The molecule has 34 heavy (non-hydrogen) atoms. The number of amides is 3. The van der Waals surface area contributed by atoms with Gasteiger partial charge in [-0.3, -0.25) is 24.7 Å². The number of nitrogens with one attached hydrogen (secondary N) is 2. The number of carboxylic acids is 1. The fourth-order valence-electron chi connectivity index (χ4n) is 3.35. The lowest BCUT2D eigenvalue weighted by molar-refractivity contribution is -0.150. The maximum absolute atomic E-state index is 12.7. The van der Waals surface area contributed by atoms with Gasteiger partial charge >= 0.3 is 5.97 Å². The van der Waals surface area contributed by atoms with E-state index >= 15 is 0 Å². The normalized spacial score (nSPS) is 19.5. The molecule has 1 fully saturated rings. The Labute approximate surface area is 202 Å². The number of aliphatic carboxylic acids is 1. The highest BCUT2D eigenvalue weighted by Gasteiger charge is 2.54. The van der Waals surface area contributed by atoms with Crippen LogP contribution in [-0.4, -0.2) is 86.8 Å². The Kier molecular flexibility index (Phi) is 6.62. The molecule has 0 spiro atoms. The molecule has 180 valence electrons. The second-order valence-corrected chi connectivity index (χ2v) is 10.0. The second-order valence-electron chi connectivity index (χ2n) is 7.11. The van der Waals surface area contributed by atoms with Crippen molar-refractivity contribution in [3.05, 3.63) is 27.1 Å². The van der Waals surface area contributed by atoms with Crippen molar-refractivity contribution in [2.45, 2.75) is 29.5 Å². The van der Waals surface area contributed by atoms with Crippen LogP contribution in [-0.2, 0) is 32.1 Å². The number of carbonyl (C=O) groups excluding carboxylic acids is 3. The standard InChI is InChI=1S/C16H17N9O6S3/c17-8(26)2-23-16(20-21-22-23)34-4-6-3-32-13-10(12(28)24(13)11(6)14(29)30)19-9(27)1-7-5-33-15(18)25(7)31/h5,10,13,18,31H,1-4H2,(H2,17,26)(H,19,27)(H,29,30). The van der Waals surface area contributed by atoms with Gasteiger partial charge in [0.2, 0.25) is 21.8 Å². The van der Waals surface area contributed by atoms with E-state index in [1.54, 1.807) is 0 Å². The molecule has 2 unspecified atom stereocenters. The summed E-state index contributed by atoms with van der Waals surface area (Å²) in [6, 6.07) is -0.912. The molecular formula is C16H17N9O6S3. The van der Waals surface area contributed by atoms with Gasteiger partial charge in [0.05, 0.1) is 12.1 Å². The van der Waals surface area contributed by atoms with Crippen LogP contribution < -0.4 is 15.9 Å². The summed E-state index contributed by atoms with van der Waals surface area (Å²) >= 11 is 3.36. The van der Waals surface area contributed by atoms with Gasteiger partial charge in [-0.15, -0.1) is 28.2 Å². The minimum absolute atomic E-state index is 0.137. The van der Waals surface area contributed by atoms with Crippen LogP contribution in [0.25, 0.3) is 0 Å². The Bertz CT molecular complexity index is 1270. The van der Waals surface area contributed by atoms with E-state index in [-0.39, 0.29) is 45.8 Å². The molecule has 2 atom stereocenters. The van der Waals surface area contributed by atoms with Crippen LogP contribution >= 0.6 is 34.9 Å². The van der Waals surface area contributed by atoms with Gasteiger partial charge in [0, 0.05) is 16.9 Å². The summed E-state index contributed by atoms with van der Waals surface area (Å²) in [5.41, 5.74) is 5.67. The van der Waals surface area contributed by atoms with Crippen LogP contribution in [0, 0.1) is 5.41 Å². The summed E-state index contributed by atoms with van der Waals surface area (Å²) in [6.07, 6.45) is -0.239. The lowest BCUT2D eigenvalue weighted by Crippen LogP contribution is -2.70. The fraction of sp³-hybridized carbons (Fsp3) is 0.375. The first-order chi connectivity index (χ1) is 16.2. The highest BCUT2D eigenvalue weighted by atomic mass is 32.2. The lowest BCUT2D eigenvalue weighted by Gasteiger charge is -2.49. The van der Waals surface area contributed by atoms with Gasteiger partial charge in [-0.2, -0.15) is 4.73 Å². The first kappa shape index (κ1) is 23.8. The molecule has 2 aromatic rings. The summed E-state index contributed by atoms with van der Waals surface area (Å²) in [5, 5.41) is 41.6. The van der Waals surface area contributed by atoms with Crippen molar-refractivity contribution < 1.29 is 29.5 Å². The lowest BCUT2D eigenvalue weighted by atomic mass is 10.0. The largest absolute Gasteiger partial charge is 0.477 e. The number of carboxylic acid groups (broad SMARTS) is 1. The first-order valence-corrected chi connectivity index (χ1v) is 12.4. The number of thiazole rings is 1. The summed E-state index contributed by atoms with van der Waals surface area (Å²) < 4.78 is 1.78. The smallest absolute Gasteiger partial charge is 0.352 e. The quantitative estimate of drug-likeness (QED) is 0.134. The number of β-lactam (4-membered cyclic amide) rings is 1. The van der Waals surface area contributed by atoms with Crippen molar-refractivity contribution in [1.82, 2.24) is 35.2 Å². The molecule has 0 aliphatic carbocycles. The van der Waals surface area contributed by atoms with E-state index in [0.717, 1.165) is 28.0 Å². The molecule has 0 aromatic carbocycles. The number of hydrogen-bond donors (Lipinski definition) is 5. The van der Waals surface area contributed by atoms with Crippen LogP contribution in [0.15, 0.2) is 21.8 Å². The van der Waals surface area contributed by atoms with Gasteiger partial charge in [0.15, 0.2) is 0 Å². The highest BCUT2D eigenvalue weighted by Crippen LogP contribution is 2.41. The summed E-state index contributed by atoms with van der Waals surface area (Å²) in [6.45, 7) is -0.228. The van der Waals surface area contributed by atoms with E-state index in [4.69, 9.17) is 11.1 Å². The van der Waals surface area contributed by atoms with E-state index in [0.29, 0.717) is 10.3 Å². The Hall–Kier alpha value is -3.38. The maximum Gasteiger partial charge on any atom is 0.352 e. The number of rotatable bonds is 9. The van der Waals surface area contributed by atoms with E-state index in [2.05, 4.69) is 20.8 Å². The number of thioether (sulfide) groups is 2. The zero-order valence-corrected chi connectivity index (χ0v) is 19.5. The van der Waals surface area contributed by atoms with E-state index < -0.39 is 35.1 Å². The number of aromatic nitrogens is 5. The van der Waals surface area contributed by atoms with Gasteiger partial charge in [0.1, 0.15) is 23.7 Å². The SMILES string of the molecule is N=c1scc(CC(=O)NC2C(=O)N3C(C(=O)O)=C(CSc4nnnn4CC(N)=O)CSC23)n1O. The maximum atomic E-state index is 12.7. The molecule has 4 heterocycles. The minimum Gasteiger partial charge on any atom is -0.477 e. The monoisotopic (exact) mass is 527 g/mol. The minimum atomic E-state index is -1.28. The molecule has 3 amide bonds. The van der Waals surface area contributed by atoms with E-state index in [1.165, 1.54) is 21.8 Å². The van der Waals surface area contributed by atoms with Gasteiger partial charge in [-0.1, -0.05) is 11.8 Å². The fourth-order valence-corrected chi connectivity index (χ4v) is 6.36. The third kappa shape index (κ3) is 4.50. The van der Waals surface area contributed by atoms with Crippen molar-refractivity contribution in [1.29, 1.82) is 5.41 Å². The molecular weight excluding hydrogens is 510 g/mol. The zero-order chi connectivity index (χ0) is 24.6. The summed E-state index contributed by atoms with van der Waals surface area (Å²) in [5.74, 6) is -2.57. The molecule has 0 saturated carbocycles. The van der Waals surface area contributed by atoms with Crippen molar-refractivity contribution in [3.8, 4) is 0 Å². The number of primary amides is 1. The topological polar surface area (TPSA) is 222 Å². The van der Waals surface area contributed by atoms with Crippen LogP contribution in [0.3, 0.4) is 0 Å². The van der Waals surface area contributed by atoms with Gasteiger partial charge in [-0.25, -0.2) is 9.48 Å². The van der Waals surface area contributed by atoms with Crippen molar-refractivity contribution in [2.75, 3.05) is 11.5 Å². The van der Waals surface area contributed by atoms with E-state index in [9.17, 15) is 29.5 Å². The van der Waals surface area contributed by atoms with Gasteiger partial charge in [-0.05, 0) is 16.0 Å². The number of carbonyl (C=O) groups is 4. The Morgan fingerprint density at radius 1 is 1.38 bits per heavy atom. The van der Waals surface area contributed by atoms with Crippen LogP contribution in [0.1, 0.15) is 5.69 Å². The predicted octanol–water partition coefficient (Wildman–Crippen LogP) is -2.19. The summed E-state index contributed by atoms with van der Waals surface area (Å²) in [7, 11) is 0. The average Bonchev–Trinajstić information content (AvgIpc) is 3.35. The van der Waals surface area contributed by atoms with Crippen LogP contribution in [0.4, 0.5) is 0 Å². The van der Waals surface area contributed by atoms with Crippen molar-refractivity contribution in [2.24, 2.45) is 5.73 Å². The number of fused-ring (bicyclic) bond motifs is 1. The molecule has 0 bridgehead atoms. The Morgan fingerprint density at radius 3 is 2.79 bits per heavy atom. The zero-order valence-electron chi connectivity index (χ0n) is 17.1. The predicted molar refractivity (Wildman–Crippen MR) is 116 cm³/mol. The number of nitrogens with zero attached hydrogens (tertiary/aromatic N) is 6. The third-order valence-electron chi connectivity index (χ3n) is 4.86. The molecule has 1 saturated heterocycles. The molecule has 2 aliphatic heterocycles. The first-order valence-electron chi connectivity index (χ1n) is 9.47. The van der Waals surface area contributed by atoms with Crippen molar-refractivity contribution in [3.63, 3.8) is 0 Å². The molecule has 4 rings (SSSR count).